The summed E-state index contributed by atoms with van der Waals surface area (Å²) >= 11 is 0. The molecule has 0 saturated heterocycles. The predicted octanol–water partition coefficient (Wildman–Crippen LogP) is 3.16. The van der Waals surface area contributed by atoms with Crippen LogP contribution in [-0.4, -0.2) is 21.1 Å². The van der Waals surface area contributed by atoms with E-state index in [1.807, 2.05) is 0 Å². The average Bonchev–Trinajstić information content (AvgIpc) is 3.00. The molecule has 0 atom stereocenters. The standard InChI is InChI=1S/C18H16F2N4O/c1-11-8-13(6-7-14(11)19)21-18(25)10-17-22-16(23-24-17)9-12-4-2-3-5-15(12)20/h2-8H,9-10H2,1H3,(H,21,25)(H,22,23,24). The maximum Gasteiger partial charge on any atom is 0.232 e. The minimum atomic E-state index is -0.329. The lowest BCUT2D eigenvalue weighted by Gasteiger charge is -2.05. The Morgan fingerprint density at radius 3 is 2.72 bits per heavy atom. The fourth-order valence-electron chi connectivity index (χ4n) is 2.39. The van der Waals surface area contributed by atoms with Crippen LogP contribution in [0, 0.1) is 18.6 Å². The lowest BCUT2D eigenvalue weighted by atomic mass is 10.1. The van der Waals surface area contributed by atoms with Crippen LogP contribution in [0.4, 0.5) is 14.5 Å². The molecule has 0 aliphatic carbocycles. The normalized spacial score (nSPS) is 10.7. The van der Waals surface area contributed by atoms with Crippen molar-refractivity contribution >= 4 is 11.6 Å². The zero-order chi connectivity index (χ0) is 17.8. The topological polar surface area (TPSA) is 70.7 Å². The number of hydrogen-bond acceptors (Lipinski definition) is 3. The average molecular weight is 342 g/mol. The first-order valence-electron chi connectivity index (χ1n) is 7.71. The number of anilines is 1. The van der Waals surface area contributed by atoms with Gasteiger partial charge in [0.1, 0.15) is 17.5 Å². The predicted molar refractivity (Wildman–Crippen MR) is 89.1 cm³/mol. The second kappa shape index (κ2) is 7.21. The van der Waals surface area contributed by atoms with Gasteiger partial charge in [-0.25, -0.2) is 13.8 Å². The van der Waals surface area contributed by atoms with Crippen LogP contribution < -0.4 is 5.32 Å². The molecular formula is C18H16F2N4O. The lowest BCUT2D eigenvalue weighted by molar-refractivity contribution is -0.115. The fraction of sp³-hybridized carbons (Fsp3) is 0.167. The Labute approximate surface area is 143 Å². The minimum Gasteiger partial charge on any atom is -0.326 e. The first-order chi connectivity index (χ1) is 12.0. The van der Waals surface area contributed by atoms with E-state index < -0.39 is 0 Å². The van der Waals surface area contributed by atoms with Crippen LogP contribution in [0.15, 0.2) is 42.5 Å². The van der Waals surface area contributed by atoms with Gasteiger partial charge in [0.15, 0.2) is 5.82 Å². The zero-order valence-electron chi connectivity index (χ0n) is 13.5. The third kappa shape index (κ3) is 4.26. The number of H-pyrrole nitrogens is 1. The van der Waals surface area contributed by atoms with E-state index in [9.17, 15) is 13.6 Å². The van der Waals surface area contributed by atoms with Crippen LogP contribution in [-0.2, 0) is 17.6 Å². The Hall–Kier alpha value is -3.09. The molecule has 7 heteroatoms. The van der Waals surface area contributed by atoms with Crippen LogP contribution in [0.2, 0.25) is 0 Å². The fourth-order valence-corrected chi connectivity index (χ4v) is 2.39. The summed E-state index contributed by atoms with van der Waals surface area (Å²) in [6, 6.07) is 10.7. The highest BCUT2D eigenvalue weighted by Gasteiger charge is 2.11. The molecule has 25 heavy (non-hydrogen) atoms. The molecule has 0 radical (unpaired) electrons. The van der Waals surface area contributed by atoms with Crippen molar-refractivity contribution in [3.05, 3.63) is 76.9 Å². The number of nitrogens with zero attached hydrogens (tertiary/aromatic N) is 2. The summed E-state index contributed by atoms with van der Waals surface area (Å²) in [4.78, 5) is 16.2. The van der Waals surface area contributed by atoms with Crippen molar-refractivity contribution in [2.45, 2.75) is 19.8 Å². The molecule has 128 valence electrons. The van der Waals surface area contributed by atoms with Crippen LogP contribution in [0.25, 0.3) is 0 Å². The Morgan fingerprint density at radius 1 is 1.16 bits per heavy atom. The molecule has 3 aromatic rings. The molecule has 0 unspecified atom stereocenters. The van der Waals surface area contributed by atoms with E-state index in [4.69, 9.17) is 0 Å². The molecule has 0 aliphatic rings. The van der Waals surface area contributed by atoms with E-state index in [2.05, 4.69) is 20.5 Å². The number of amides is 1. The highest BCUT2D eigenvalue weighted by atomic mass is 19.1. The van der Waals surface area contributed by atoms with Crippen molar-refractivity contribution in [2.75, 3.05) is 5.32 Å². The van der Waals surface area contributed by atoms with Crippen molar-refractivity contribution < 1.29 is 13.6 Å². The third-order valence-corrected chi connectivity index (χ3v) is 3.65. The maximum atomic E-state index is 13.6. The molecule has 0 spiro atoms. The summed E-state index contributed by atoms with van der Waals surface area (Å²) < 4.78 is 26.9. The Bertz CT molecular complexity index is 908. The second-order valence-electron chi connectivity index (χ2n) is 5.66. The molecule has 3 rings (SSSR count). The number of carbonyl (C=O) groups is 1. The van der Waals surface area contributed by atoms with E-state index in [0.717, 1.165) is 0 Å². The van der Waals surface area contributed by atoms with Gasteiger partial charge in [0.2, 0.25) is 5.91 Å². The van der Waals surface area contributed by atoms with E-state index in [0.29, 0.717) is 28.5 Å². The molecule has 0 aliphatic heterocycles. The number of carbonyl (C=O) groups excluding carboxylic acids is 1. The third-order valence-electron chi connectivity index (χ3n) is 3.65. The maximum absolute atomic E-state index is 13.6. The largest absolute Gasteiger partial charge is 0.326 e. The zero-order valence-corrected chi connectivity index (χ0v) is 13.5. The molecule has 0 bridgehead atoms. The molecule has 5 nitrogen and oxygen atoms in total. The van der Waals surface area contributed by atoms with Crippen LogP contribution in [0.1, 0.15) is 22.8 Å². The quantitative estimate of drug-likeness (QED) is 0.748. The summed E-state index contributed by atoms with van der Waals surface area (Å²) in [5.41, 5.74) is 1.45. The van der Waals surface area contributed by atoms with Crippen LogP contribution >= 0.6 is 0 Å². The van der Waals surface area contributed by atoms with Gasteiger partial charge in [0.25, 0.3) is 0 Å². The van der Waals surface area contributed by atoms with E-state index in [-0.39, 0.29) is 30.4 Å². The Balaban J connectivity index is 1.61. The highest BCUT2D eigenvalue weighted by Crippen LogP contribution is 2.14. The van der Waals surface area contributed by atoms with Gasteiger partial charge < -0.3 is 5.32 Å². The second-order valence-corrected chi connectivity index (χ2v) is 5.66. The lowest BCUT2D eigenvalue weighted by Crippen LogP contribution is -2.15. The molecule has 1 heterocycles. The van der Waals surface area contributed by atoms with Crippen LogP contribution in [0.5, 0.6) is 0 Å². The van der Waals surface area contributed by atoms with Gasteiger partial charge in [-0.05, 0) is 42.3 Å². The van der Waals surface area contributed by atoms with Gasteiger partial charge in [-0.3, -0.25) is 9.89 Å². The summed E-state index contributed by atoms with van der Waals surface area (Å²) in [6.07, 6.45) is 0.225. The molecule has 1 amide bonds. The van der Waals surface area contributed by atoms with Gasteiger partial charge in [0, 0.05) is 12.1 Å². The Kier molecular flexibility index (Phi) is 4.83. The highest BCUT2D eigenvalue weighted by molar-refractivity contribution is 5.91. The number of rotatable bonds is 5. The van der Waals surface area contributed by atoms with Crippen molar-refractivity contribution in [3.63, 3.8) is 0 Å². The first-order valence-corrected chi connectivity index (χ1v) is 7.71. The van der Waals surface area contributed by atoms with E-state index in [1.165, 1.54) is 18.2 Å². The SMILES string of the molecule is Cc1cc(NC(=O)Cc2n[nH]c(Cc3ccccc3F)n2)ccc1F. The number of benzene rings is 2. The van der Waals surface area contributed by atoms with Crippen molar-refractivity contribution in [1.29, 1.82) is 0 Å². The van der Waals surface area contributed by atoms with Gasteiger partial charge >= 0.3 is 0 Å². The minimum absolute atomic E-state index is 0.0375. The van der Waals surface area contributed by atoms with Gasteiger partial charge in [-0.2, -0.15) is 5.10 Å². The summed E-state index contributed by atoms with van der Waals surface area (Å²) in [5.74, 6) is -0.176. The number of halogens is 2. The Morgan fingerprint density at radius 2 is 1.96 bits per heavy atom. The number of aromatic amines is 1. The molecular weight excluding hydrogens is 326 g/mol. The molecule has 0 saturated carbocycles. The summed E-state index contributed by atoms with van der Waals surface area (Å²) in [5, 5.41) is 9.35. The molecule has 0 fully saturated rings. The smallest absolute Gasteiger partial charge is 0.232 e. The number of hydrogen-bond donors (Lipinski definition) is 2. The van der Waals surface area contributed by atoms with Gasteiger partial charge in [-0.15, -0.1) is 0 Å². The monoisotopic (exact) mass is 342 g/mol. The molecule has 2 N–H and O–H groups in total. The summed E-state index contributed by atoms with van der Waals surface area (Å²) in [6.45, 7) is 1.62. The number of aromatic nitrogens is 3. The van der Waals surface area contributed by atoms with Crippen molar-refractivity contribution in [1.82, 2.24) is 15.2 Å². The van der Waals surface area contributed by atoms with Crippen molar-refractivity contribution in [2.24, 2.45) is 0 Å². The van der Waals surface area contributed by atoms with Gasteiger partial charge in [0.05, 0.1) is 6.42 Å². The van der Waals surface area contributed by atoms with E-state index >= 15 is 0 Å². The van der Waals surface area contributed by atoms with Crippen molar-refractivity contribution in [3.8, 4) is 0 Å². The van der Waals surface area contributed by atoms with E-state index in [1.54, 1.807) is 31.2 Å². The number of nitrogens with one attached hydrogen (secondary N) is 2. The molecule has 2 aromatic carbocycles. The summed E-state index contributed by atoms with van der Waals surface area (Å²) in [7, 11) is 0. The van der Waals surface area contributed by atoms with Gasteiger partial charge in [-0.1, -0.05) is 18.2 Å². The van der Waals surface area contributed by atoms with Crippen LogP contribution in [0.3, 0.4) is 0 Å². The number of aryl methyl sites for hydroxylation is 1. The molecule has 1 aromatic heterocycles. The first kappa shape index (κ1) is 16.8.